The molecule has 0 fully saturated rings. The zero-order valence-electron chi connectivity index (χ0n) is 10.5. The van der Waals surface area contributed by atoms with E-state index >= 15 is 0 Å². The van der Waals surface area contributed by atoms with Gasteiger partial charge in [-0.15, -0.1) is 0 Å². The topological polar surface area (TPSA) is 57.5 Å². The lowest BCUT2D eigenvalue weighted by Crippen LogP contribution is -2.15. The number of hydrogen-bond acceptors (Lipinski definition) is 2. The van der Waals surface area contributed by atoms with E-state index in [9.17, 15) is 4.79 Å². The Kier molecular flexibility index (Phi) is 9.38. The van der Waals surface area contributed by atoms with Crippen molar-refractivity contribution in [3.05, 3.63) is 11.6 Å². The largest absolute Gasteiger partial charge is 0.481 e. The van der Waals surface area contributed by atoms with Crippen LogP contribution in [0.4, 0.5) is 0 Å². The predicted octanol–water partition coefficient (Wildman–Crippen LogP) is 2.84. The minimum Gasteiger partial charge on any atom is -0.481 e. The highest BCUT2D eigenvalue weighted by molar-refractivity contribution is 5.66. The average Bonchev–Trinajstić information content (AvgIpc) is 2.16. The van der Waals surface area contributed by atoms with Gasteiger partial charge in [0.25, 0.3) is 0 Å². The first kappa shape index (κ1) is 16.6. The lowest BCUT2D eigenvalue weighted by molar-refractivity contribution is -0.136. The first-order valence-corrected chi connectivity index (χ1v) is 5.21. The summed E-state index contributed by atoms with van der Waals surface area (Å²) in [5, 5.41) is 16.6. The van der Waals surface area contributed by atoms with Gasteiger partial charge in [0, 0.05) is 13.0 Å². The molecule has 0 rings (SSSR count). The second kappa shape index (κ2) is 8.48. The summed E-state index contributed by atoms with van der Waals surface area (Å²) in [7, 11) is 0. The van der Waals surface area contributed by atoms with Crippen LogP contribution in [0.25, 0.3) is 0 Å². The van der Waals surface area contributed by atoms with Crippen LogP contribution in [0.2, 0.25) is 0 Å². The van der Waals surface area contributed by atoms with Gasteiger partial charge in [0.2, 0.25) is 0 Å². The highest BCUT2D eigenvalue weighted by Crippen LogP contribution is 2.20. The molecule has 2 N–H and O–H groups in total. The van der Waals surface area contributed by atoms with Gasteiger partial charge in [0.15, 0.2) is 0 Å². The number of carboxylic acid groups (broad SMARTS) is 1. The quantitative estimate of drug-likeness (QED) is 0.710. The number of aliphatic carboxylic acids is 1. The zero-order valence-corrected chi connectivity index (χ0v) is 10.5. The summed E-state index contributed by atoms with van der Waals surface area (Å²) >= 11 is 0. The molecular weight excluding hydrogens is 192 g/mol. The van der Waals surface area contributed by atoms with Gasteiger partial charge in [-0.1, -0.05) is 32.4 Å². The number of rotatable bonds is 4. The van der Waals surface area contributed by atoms with Gasteiger partial charge in [-0.2, -0.15) is 0 Å². The third kappa shape index (κ3) is 15.9. The average molecular weight is 216 g/mol. The molecule has 0 amide bonds. The standard InChI is InChI=1S/C9H18O.C3H6O2/c1-8(2)5-6-9(3,4)7-10;1-2-3(4)5/h5,10H,6-7H2,1-4H3;2H2,1H3,(H,4,5). The second-order valence-corrected chi connectivity index (χ2v) is 4.56. The van der Waals surface area contributed by atoms with E-state index in [1.54, 1.807) is 6.92 Å². The molecule has 90 valence electrons. The Bertz CT molecular complexity index is 201. The molecule has 0 aromatic heterocycles. The SMILES string of the molecule is CC(C)=CCC(C)(C)CO.CCC(=O)O. The van der Waals surface area contributed by atoms with Gasteiger partial charge in [0.05, 0.1) is 0 Å². The Hall–Kier alpha value is -0.830. The van der Waals surface area contributed by atoms with Gasteiger partial charge in [-0.05, 0) is 25.7 Å². The molecule has 0 spiro atoms. The molecular formula is C12H24O3. The van der Waals surface area contributed by atoms with Crippen LogP contribution in [-0.2, 0) is 4.79 Å². The van der Waals surface area contributed by atoms with E-state index in [0.29, 0.717) is 0 Å². The first-order chi connectivity index (χ1) is 6.75. The van der Waals surface area contributed by atoms with Crippen LogP contribution in [0.1, 0.15) is 47.5 Å². The van der Waals surface area contributed by atoms with E-state index in [1.165, 1.54) is 5.57 Å². The summed E-state index contributed by atoms with van der Waals surface area (Å²) in [4.78, 5) is 9.37. The predicted molar refractivity (Wildman–Crippen MR) is 62.8 cm³/mol. The number of allylic oxidation sites excluding steroid dienone is 2. The van der Waals surface area contributed by atoms with Crippen molar-refractivity contribution in [3.63, 3.8) is 0 Å². The molecule has 0 aliphatic heterocycles. The molecule has 0 radical (unpaired) electrons. The fourth-order valence-electron chi connectivity index (χ4n) is 0.545. The minimum atomic E-state index is -0.745. The molecule has 0 heterocycles. The molecule has 3 heteroatoms. The van der Waals surface area contributed by atoms with Gasteiger partial charge in [-0.25, -0.2) is 0 Å². The molecule has 3 nitrogen and oxygen atoms in total. The van der Waals surface area contributed by atoms with Crippen LogP contribution < -0.4 is 0 Å². The lowest BCUT2D eigenvalue weighted by Gasteiger charge is -2.18. The molecule has 0 saturated carbocycles. The number of hydrogen-bond donors (Lipinski definition) is 2. The van der Waals surface area contributed by atoms with Crippen molar-refractivity contribution in [2.45, 2.75) is 47.5 Å². The van der Waals surface area contributed by atoms with Crippen molar-refractivity contribution in [1.82, 2.24) is 0 Å². The molecule has 0 aliphatic rings. The lowest BCUT2D eigenvalue weighted by atomic mass is 9.90. The van der Waals surface area contributed by atoms with Crippen molar-refractivity contribution >= 4 is 5.97 Å². The van der Waals surface area contributed by atoms with Crippen molar-refractivity contribution in [2.75, 3.05) is 6.61 Å². The van der Waals surface area contributed by atoms with Crippen molar-refractivity contribution in [3.8, 4) is 0 Å². The number of carboxylic acids is 1. The number of carbonyl (C=O) groups is 1. The van der Waals surface area contributed by atoms with Gasteiger partial charge >= 0.3 is 5.97 Å². The van der Waals surface area contributed by atoms with E-state index in [0.717, 1.165) is 6.42 Å². The Morgan fingerprint density at radius 2 is 1.73 bits per heavy atom. The summed E-state index contributed by atoms with van der Waals surface area (Å²) in [5.41, 5.74) is 1.37. The monoisotopic (exact) mass is 216 g/mol. The van der Waals surface area contributed by atoms with E-state index in [-0.39, 0.29) is 18.4 Å². The molecule has 0 aliphatic carbocycles. The van der Waals surface area contributed by atoms with Crippen LogP contribution in [0, 0.1) is 5.41 Å². The molecule has 15 heavy (non-hydrogen) atoms. The van der Waals surface area contributed by atoms with Gasteiger partial charge < -0.3 is 10.2 Å². The van der Waals surface area contributed by atoms with Crippen molar-refractivity contribution in [2.24, 2.45) is 5.41 Å². The summed E-state index contributed by atoms with van der Waals surface area (Å²) in [6.45, 7) is 10.1. The molecule has 0 aromatic rings. The van der Waals surface area contributed by atoms with Crippen LogP contribution in [0.15, 0.2) is 11.6 Å². The third-order valence-corrected chi connectivity index (χ3v) is 1.79. The Balaban J connectivity index is 0. The van der Waals surface area contributed by atoms with Gasteiger partial charge in [-0.3, -0.25) is 4.79 Å². The number of aliphatic hydroxyl groups is 1. The van der Waals surface area contributed by atoms with E-state index in [2.05, 4.69) is 33.8 Å². The Morgan fingerprint density at radius 3 is 1.93 bits per heavy atom. The van der Waals surface area contributed by atoms with E-state index in [4.69, 9.17) is 10.2 Å². The Labute approximate surface area is 92.8 Å². The van der Waals surface area contributed by atoms with E-state index in [1.807, 2.05) is 0 Å². The molecule has 0 bridgehead atoms. The maximum atomic E-state index is 9.37. The van der Waals surface area contributed by atoms with Crippen LogP contribution in [0.3, 0.4) is 0 Å². The van der Waals surface area contributed by atoms with Gasteiger partial charge in [0.1, 0.15) is 0 Å². The van der Waals surface area contributed by atoms with Crippen LogP contribution >= 0.6 is 0 Å². The molecule has 0 aromatic carbocycles. The highest BCUT2D eigenvalue weighted by Gasteiger charge is 2.13. The normalized spacial score (nSPS) is 10.0. The molecule has 0 saturated heterocycles. The maximum Gasteiger partial charge on any atom is 0.303 e. The minimum absolute atomic E-state index is 0.0528. The van der Waals surface area contributed by atoms with Crippen molar-refractivity contribution < 1.29 is 15.0 Å². The maximum absolute atomic E-state index is 9.37. The van der Waals surface area contributed by atoms with E-state index < -0.39 is 5.97 Å². The fourth-order valence-corrected chi connectivity index (χ4v) is 0.545. The van der Waals surface area contributed by atoms with Crippen LogP contribution in [0.5, 0.6) is 0 Å². The molecule has 0 unspecified atom stereocenters. The summed E-state index contributed by atoms with van der Waals surface area (Å²) in [5.74, 6) is -0.745. The summed E-state index contributed by atoms with van der Waals surface area (Å²) in [6, 6.07) is 0. The molecule has 0 atom stereocenters. The highest BCUT2D eigenvalue weighted by atomic mass is 16.4. The zero-order chi connectivity index (χ0) is 12.5. The second-order valence-electron chi connectivity index (χ2n) is 4.56. The summed E-state index contributed by atoms with van der Waals surface area (Å²) in [6.07, 6.45) is 3.35. The Morgan fingerprint density at radius 1 is 1.33 bits per heavy atom. The third-order valence-electron chi connectivity index (χ3n) is 1.79. The fraction of sp³-hybridized carbons (Fsp3) is 0.750. The van der Waals surface area contributed by atoms with Crippen molar-refractivity contribution in [1.29, 1.82) is 0 Å². The van der Waals surface area contributed by atoms with Crippen LogP contribution in [-0.4, -0.2) is 22.8 Å². The summed E-state index contributed by atoms with van der Waals surface area (Å²) < 4.78 is 0. The first-order valence-electron chi connectivity index (χ1n) is 5.21. The smallest absolute Gasteiger partial charge is 0.303 e. The number of aliphatic hydroxyl groups excluding tert-OH is 1.